The number of hydrogen-bond acceptors (Lipinski definition) is 1. The van der Waals surface area contributed by atoms with Crippen LogP contribution in [-0.2, 0) is 0 Å². The Bertz CT molecular complexity index is 520. The Labute approximate surface area is 101 Å². The van der Waals surface area contributed by atoms with Gasteiger partial charge in [-0.25, -0.2) is 4.85 Å². The van der Waals surface area contributed by atoms with E-state index in [-0.39, 0.29) is 0 Å². The highest BCUT2D eigenvalue weighted by atomic mass is 127. The van der Waals surface area contributed by atoms with Crippen LogP contribution in [0.3, 0.4) is 0 Å². The van der Waals surface area contributed by atoms with Crippen molar-refractivity contribution in [1.29, 1.82) is 0 Å². The Hall–Kier alpha value is -1.35. The maximum Gasteiger partial charge on any atom is 0.187 e. The second kappa shape index (κ2) is 4.03. The van der Waals surface area contributed by atoms with Gasteiger partial charge in [0.2, 0.25) is 0 Å². The molecule has 2 rings (SSSR count). The highest BCUT2D eigenvalue weighted by Crippen LogP contribution is 2.26. The Morgan fingerprint density at radius 1 is 1.33 bits per heavy atom. The second-order valence-electron chi connectivity index (χ2n) is 3.17. The van der Waals surface area contributed by atoms with Gasteiger partial charge in [0.1, 0.15) is 5.69 Å². The molecule has 1 aromatic carbocycles. The van der Waals surface area contributed by atoms with Gasteiger partial charge in [-0.05, 0) is 29.5 Å². The van der Waals surface area contributed by atoms with Crippen molar-refractivity contribution in [2.45, 2.75) is 6.92 Å². The number of hydrogen-bond donors (Lipinski definition) is 1. The highest BCUT2D eigenvalue weighted by molar-refractivity contribution is 14.1. The molecule has 0 aliphatic rings. The Morgan fingerprint density at radius 3 is 2.47 bits per heavy atom. The number of aromatic amines is 1. The first kappa shape index (κ1) is 10.2. The number of H-pyrrole nitrogens is 1. The molecule has 0 atom stereocenters. The topological polar surface area (TPSA) is 33.0 Å². The molecule has 0 fully saturated rings. The second-order valence-corrected chi connectivity index (χ2v) is 4.25. The van der Waals surface area contributed by atoms with Crippen LogP contribution in [0.25, 0.3) is 16.1 Å². The Balaban J connectivity index is 2.47. The van der Waals surface area contributed by atoms with Gasteiger partial charge in [0, 0.05) is 11.3 Å². The molecular weight excluding hydrogens is 301 g/mol. The minimum atomic E-state index is 0.654. The average molecular weight is 309 g/mol. The molecule has 1 aromatic heterocycles. The van der Waals surface area contributed by atoms with Crippen molar-refractivity contribution in [3.63, 3.8) is 0 Å². The van der Waals surface area contributed by atoms with Gasteiger partial charge < -0.3 is 0 Å². The first-order valence-corrected chi connectivity index (χ1v) is 5.48. The van der Waals surface area contributed by atoms with Crippen molar-refractivity contribution in [3.8, 4) is 11.3 Å². The van der Waals surface area contributed by atoms with Crippen molar-refractivity contribution in [2.24, 2.45) is 0 Å². The van der Waals surface area contributed by atoms with E-state index in [9.17, 15) is 0 Å². The van der Waals surface area contributed by atoms with E-state index < -0.39 is 0 Å². The van der Waals surface area contributed by atoms with E-state index in [4.69, 9.17) is 6.57 Å². The molecule has 0 spiro atoms. The molecule has 0 saturated heterocycles. The molecule has 3 nitrogen and oxygen atoms in total. The maximum atomic E-state index is 6.87. The summed E-state index contributed by atoms with van der Waals surface area (Å²) in [5.41, 5.74) is 3.71. The summed E-state index contributed by atoms with van der Waals surface area (Å²) in [6.45, 7) is 8.86. The van der Waals surface area contributed by atoms with E-state index in [1.165, 1.54) is 0 Å². The molecule has 0 radical (unpaired) electrons. The van der Waals surface area contributed by atoms with Gasteiger partial charge in [-0.15, -0.1) is 0 Å². The van der Waals surface area contributed by atoms with Crippen LogP contribution < -0.4 is 0 Å². The number of rotatable bonds is 1. The molecule has 0 unspecified atom stereocenters. The normalized spacial score (nSPS) is 9.93. The quantitative estimate of drug-likeness (QED) is 0.634. The van der Waals surface area contributed by atoms with Gasteiger partial charge in [-0.1, -0.05) is 24.3 Å². The van der Waals surface area contributed by atoms with Crippen molar-refractivity contribution >= 4 is 28.3 Å². The molecule has 1 heterocycles. The number of halogens is 1. The van der Waals surface area contributed by atoms with Gasteiger partial charge in [-0.3, -0.25) is 5.10 Å². The molecule has 4 heteroatoms. The highest BCUT2D eigenvalue weighted by Gasteiger charge is 2.08. The minimum absolute atomic E-state index is 0.654. The monoisotopic (exact) mass is 309 g/mol. The van der Waals surface area contributed by atoms with Crippen LogP contribution >= 0.6 is 22.6 Å². The van der Waals surface area contributed by atoms with Gasteiger partial charge in [0.25, 0.3) is 0 Å². The SMILES string of the molecule is [C-]#[N+]c1ccc(-c2n[nH]c(C)c2I)cc1. The summed E-state index contributed by atoms with van der Waals surface area (Å²) in [4.78, 5) is 3.35. The van der Waals surface area contributed by atoms with Crippen molar-refractivity contribution in [3.05, 3.63) is 44.9 Å². The lowest BCUT2D eigenvalue weighted by atomic mass is 10.1. The third-order valence-corrected chi connectivity index (χ3v) is 3.46. The van der Waals surface area contributed by atoms with Crippen LogP contribution in [-0.4, -0.2) is 10.2 Å². The molecule has 0 aliphatic carbocycles. The number of nitrogens with zero attached hydrogens (tertiary/aromatic N) is 2. The predicted molar refractivity (Wildman–Crippen MR) is 67.7 cm³/mol. The van der Waals surface area contributed by atoms with Gasteiger partial charge >= 0.3 is 0 Å². The summed E-state index contributed by atoms with van der Waals surface area (Å²) in [5.74, 6) is 0. The molecule has 0 saturated carbocycles. The lowest BCUT2D eigenvalue weighted by Gasteiger charge is -1.97. The number of benzene rings is 1. The summed E-state index contributed by atoms with van der Waals surface area (Å²) in [7, 11) is 0. The van der Waals surface area contributed by atoms with Crippen LogP contribution in [0.5, 0.6) is 0 Å². The minimum Gasteiger partial charge on any atom is -0.281 e. The fourth-order valence-electron chi connectivity index (χ4n) is 1.30. The maximum absolute atomic E-state index is 6.87. The lowest BCUT2D eigenvalue weighted by Crippen LogP contribution is -1.79. The zero-order valence-electron chi connectivity index (χ0n) is 8.08. The fourth-order valence-corrected chi connectivity index (χ4v) is 1.85. The van der Waals surface area contributed by atoms with Crippen LogP contribution in [0.15, 0.2) is 24.3 Å². The van der Waals surface area contributed by atoms with E-state index >= 15 is 0 Å². The Kier molecular flexibility index (Phi) is 2.73. The van der Waals surface area contributed by atoms with E-state index in [0.717, 1.165) is 20.5 Å². The Morgan fingerprint density at radius 2 is 2.00 bits per heavy atom. The van der Waals surface area contributed by atoms with Gasteiger partial charge in [-0.2, -0.15) is 5.10 Å². The zero-order valence-corrected chi connectivity index (χ0v) is 10.2. The predicted octanol–water partition coefficient (Wildman–Crippen LogP) is 3.54. The number of nitrogens with one attached hydrogen (secondary N) is 1. The fraction of sp³-hybridized carbons (Fsp3) is 0.0909. The van der Waals surface area contributed by atoms with E-state index in [0.29, 0.717) is 5.69 Å². The molecular formula is C11H8IN3. The lowest BCUT2D eigenvalue weighted by molar-refractivity contribution is 1.05. The van der Waals surface area contributed by atoms with E-state index in [1.54, 1.807) is 0 Å². The molecule has 1 N–H and O–H groups in total. The van der Waals surface area contributed by atoms with E-state index in [2.05, 4.69) is 37.6 Å². The number of aromatic nitrogens is 2. The third kappa shape index (κ3) is 1.88. The smallest absolute Gasteiger partial charge is 0.187 e. The van der Waals surface area contributed by atoms with Crippen LogP contribution in [0.2, 0.25) is 0 Å². The largest absolute Gasteiger partial charge is 0.281 e. The van der Waals surface area contributed by atoms with E-state index in [1.807, 2.05) is 31.2 Å². The summed E-state index contributed by atoms with van der Waals surface area (Å²) in [6, 6.07) is 7.46. The van der Waals surface area contributed by atoms with Crippen molar-refractivity contribution in [1.82, 2.24) is 10.2 Å². The summed E-state index contributed by atoms with van der Waals surface area (Å²) < 4.78 is 1.13. The van der Waals surface area contributed by atoms with Crippen LogP contribution in [0.1, 0.15) is 5.69 Å². The first-order valence-electron chi connectivity index (χ1n) is 4.40. The van der Waals surface area contributed by atoms with Gasteiger partial charge in [0.05, 0.1) is 10.1 Å². The number of aryl methyl sites for hydroxylation is 1. The van der Waals surface area contributed by atoms with Crippen LogP contribution in [0.4, 0.5) is 5.69 Å². The van der Waals surface area contributed by atoms with Crippen molar-refractivity contribution in [2.75, 3.05) is 0 Å². The molecule has 15 heavy (non-hydrogen) atoms. The first-order chi connectivity index (χ1) is 7.22. The van der Waals surface area contributed by atoms with Crippen molar-refractivity contribution < 1.29 is 0 Å². The standard InChI is InChI=1S/C11H8IN3/c1-7-10(12)11(15-14-7)8-3-5-9(13-2)6-4-8/h3-6H,1H3,(H,14,15). The average Bonchev–Trinajstić information content (AvgIpc) is 2.60. The summed E-state index contributed by atoms with van der Waals surface area (Å²) in [6.07, 6.45) is 0. The third-order valence-electron chi connectivity index (χ3n) is 2.14. The summed E-state index contributed by atoms with van der Waals surface area (Å²) in [5, 5.41) is 7.18. The van der Waals surface area contributed by atoms with Gasteiger partial charge in [0.15, 0.2) is 5.69 Å². The molecule has 2 aromatic rings. The molecule has 74 valence electrons. The zero-order chi connectivity index (χ0) is 10.8. The van der Waals surface area contributed by atoms with Crippen LogP contribution in [0, 0.1) is 17.1 Å². The summed E-state index contributed by atoms with van der Waals surface area (Å²) >= 11 is 2.27. The molecule has 0 aliphatic heterocycles. The molecule has 0 bridgehead atoms. The molecule has 0 amide bonds.